The molecule has 1 aliphatic heterocycles. The maximum Gasteiger partial charge on any atom is 0.255 e. The zero-order valence-corrected chi connectivity index (χ0v) is 17.4. The molecule has 0 atom stereocenters. The van der Waals surface area contributed by atoms with Crippen LogP contribution >= 0.6 is 11.3 Å². The molecule has 3 aromatic heterocycles. The van der Waals surface area contributed by atoms with Crippen molar-refractivity contribution in [2.45, 2.75) is 19.8 Å². The van der Waals surface area contributed by atoms with Crippen LogP contribution in [0.5, 0.6) is 0 Å². The summed E-state index contributed by atoms with van der Waals surface area (Å²) in [6.07, 6.45) is 3.91. The molecule has 4 rings (SSSR count). The third kappa shape index (κ3) is 4.71. The van der Waals surface area contributed by atoms with Crippen LogP contribution in [0.3, 0.4) is 0 Å². The Morgan fingerprint density at radius 3 is 2.90 bits per heavy atom. The van der Waals surface area contributed by atoms with Gasteiger partial charge in [0.2, 0.25) is 11.9 Å². The Kier molecular flexibility index (Phi) is 6.15. The van der Waals surface area contributed by atoms with Gasteiger partial charge in [0.15, 0.2) is 5.13 Å². The number of rotatable bonds is 6. The molecule has 0 spiro atoms. The number of morpholine rings is 1. The summed E-state index contributed by atoms with van der Waals surface area (Å²) >= 11 is 1.35. The summed E-state index contributed by atoms with van der Waals surface area (Å²) in [7, 11) is 0. The number of carbonyl (C=O) groups excluding carboxylic acids is 1. The van der Waals surface area contributed by atoms with Crippen LogP contribution in [0.1, 0.15) is 17.7 Å². The fourth-order valence-electron chi connectivity index (χ4n) is 3.21. The van der Waals surface area contributed by atoms with Gasteiger partial charge in [-0.05, 0) is 25.5 Å². The minimum atomic E-state index is -0.204. The number of pyridine rings is 1. The van der Waals surface area contributed by atoms with Crippen molar-refractivity contribution in [1.82, 2.24) is 19.9 Å². The minimum Gasteiger partial charge on any atom is -0.378 e. The second kappa shape index (κ2) is 9.14. The highest BCUT2D eigenvalue weighted by Crippen LogP contribution is 2.24. The summed E-state index contributed by atoms with van der Waals surface area (Å²) < 4.78 is 5.33. The van der Waals surface area contributed by atoms with Crippen molar-refractivity contribution < 1.29 is 9.53 Å². The van der Waals surface area contributed by atoms with E-state index >= 15 is 0 Å². The molecule has 0 aromatic carbocycles. The second-order valence-electron chi connectivity index (χ2n) is 6.88. The van der Waals surface area contributed by atoms with E-state index in [2.05, 4.69) is 25.3 Å². The molecule has 0 aliphatic carbocycles. The molecule has 4 heterocycles. The van der Waals surface area contributed by atoms with Gasteiger partial charge in [0.25, 0.3) is 5.56 Å². The zero-order chi connectivity index (χ0) is 20.9. The molecule has 1 aliphatic rings. The lowest BCUT2D eigenvalue weighted by molar-refractivity contribution is -0.116. The van der Waals surface area contributed by atoms with Gasteiger partial charge in [-0.15, -0.1) is 11.3 Å². The minimum absolute atomic E-state index is 0.171. The molecule has 3 aromatic rings. The van der Waals surface area contributed by atoms with Gasteiger partial charge in [-0.25, -0.2) is 9.97 Å². The first-order valence-corrected chi connectivity index (χ1v) is 10.6. The van der Waals surface area contributed by atoms with Crippen molar-refractivity contribution in [3.8, 4) is 11.3 Å². The quantitative estimate of drug-likeness (QED) is 0.620. The Labute approximate surface area is 177 Å². The molecule has 9 nitrogen and oxygen atoms in total. The third-order valence-electron chi connectivity index (χ3n) is 4.83. The summed E-state index contributed by atoms with van der Waals surface area (Å²) in [6, 6.07) is 3.75. The number of amides is 1. The molecule has 2 N–H and O–H groups in total. The first-order valence-electron chi connectivity index (χ1n) is 9.68. The summed E-state index contributed by atoms with van der Waals surface area (Å²) in [5.74, 6) is 0.359. The van der Waals surface area contributed by atoms with Crippen LogP contribution in [0.25, 0.3) is 11.3 Å². The maximum absolute atomic E-state index is 12.5. The molecule has 0 unspecified atom stereocenters. The van der Waals surface area contributed by atoms with E-state index < -0.39 is 0 Å². The van der Waals surface area contributed by atoms with Gasteiger partial charge in [0.05, 0.1) is 18.9 Å². The molecule has 30 heavy (non-hydrogen) atoms. The zero-order valence-electron chi connectivity index (χ0n) is 16.6. The lowest BCUT2D eigenvalue weighted by atomic mass is 10.1. The molecule has 10 heteroatoms. The summed E-state index contributed by atoms with van der Waals surface area (Å²) in [4.78, 5) is 42.7. The molecule has 0 bridgehead atoms. The monoisotopic (exact) mass is 426 g/mol. The number of ether oxygens (including phenoxy) is 1. The summed E-state index contributed by atoms with van der Waals surface area (Å²) in [5, 5.41) is 5.19. The Balaban J connectivity index is 1.37. The highest BCUT2D eigenvalue weighted by molar-refractivity contribution is 7.14. The fraction of sp³-hybridized carbons (Fsp3) is 0.350. The van der Waals surface area contributed by atoms with Crippen LogP contribution in [-0.4, -0.2) is 52.1 Å². The molecule has 1 saturated heterocycles. The fourth-order valence-corrected chi connectivity index (χ4v) is 3.95. The molecule has 1 amide bonds. The first kappa shape index (κ1) is 20.2. The second-order valence-corrected chi connectivity index (χ2v) is 7.74. The largest absolute Gasteiger partial charge is 0.378 e. The van der Waals surface area contributed by atoms with Gasteiger partial charge in [-0.3, -0.25) is 19.6 Å². The van der Waals surface area contributed by atoms with Crippen molar-refractivity contribution in [1.29, 1.82) is 0 Å². The lowest BCUT2D eigenvalue weighted by Gasteiger charge is -2.27. The average Bonchev–Trinajstić information content (AvgIpc) is 3.22. The number of anilines is 2. The van der Waals surface area contributed by atoms with Crippen LogP contribution in [0.15, 0.2) is 34.7 Å². The number of carbonyl (C=O) groups is 1. The van der Waals surface area contributed by atoms with E-state index in [-0.39, 0.29) is 17.9 Å². The molecule has 0 radical (unpaired) electrons. The van der Waals surface area contributed by atoms with Crippen molar-refractivity contribution >= 4 is 28.3 Å². The number of aryl methyl sites for hydroxylation is 1. The standard InChI is InChI=1S/C20H22N6O3S/c1-13-15(18(28)25-19(22-13)26-7-9-29-10-8-26)4-5-17(27)24-20-23-16(12-30-20)14-3-2-6-21-11-14/h2-3,6,11-12H,4-5,7-10H2,1H3,(H,22,25,28)(H,23,24,27). The van der Waals surface area contributed by atoms with Crippen molar-refractivity contribution in [3.05, 3.63) is 51.5 Å². The number of aromatic nitrogens is 4. The van der Waals surface area contributed by atoms with E-state index in [1.165, 1.54) is 11.3 Å². The number of nitrogens with one attached hydrogen (secondary N) is 2. The Morgan fingerprint density at radius 1 is 1.33 bits per heavy atom. The van der Waals surface area contributed by atoms with E-state index in [0.29, 0.717) is 55.1 Å². The molecule has 156 valence electrons. The van der Waals surface area contributed by atoms with E-state index in [0.717, 1.165) is 11.3 Å². The Morgan fingerprint density at radius 2 is 2.17 bits per heavy atom. The lowest BCUT2D eigenvalue weighted by Crippen LogP contribution is -2.38. The van der Waals surface area contributed by atoms with Crippen molar-refractivity contribution in [3.63, 3.8) is 0 Å². The highest BCUT2D eigenvalue weighted by atomic mass is 32.1. The number of hydrogen-bond donors (Lipinski definition) is 2. The molecular weight excluding hydrogens is 404 g/mol. The number of thiazole rings is 1. The normalized spacial score (nSPS) is 14.0. The van der Waals surface area contributed by atoms with Gasteiger partial charge in [-0.1, -0.05) is 0 Å². The van der Waals surface area contributed by atoms with Gasteiger partial charge >= 0.3 is 0 Å². The third-order valence-corrected chi connectivity index (χ3v) is 5.59. The maximum atomic E-state index is 12.5. The summed E-state index contributed by atoms with van der Waals surface area (Å²) in [5.41, 5.74) is 2.62. The van der Waals surface area contributed by atoms with Gasteiger partial charge in [-0.2, -0.15) is 0 Å². The van der Waals surface area contributed by atoms with Crippen LogP contribution in [0, 0.1) is 6.92 Å². The highest BCUT2D eigenvalue weighted by Gasteiger charge is 2.17. The van der Waals surface area contributed by atoms with E-state index in [4.69, 9.17) is 4.74 Å². The Bertz CT molecular complexity index is 1080. The number of hydrogen-bond acceptors (Lipinski definition) is 8. The predicted octanol–water partition coefficient (Wildman–Crippen LogP) is 2.00. The van der Waals surface area contributed by atoms with Crippen molar-refractivity contribution in [2.24, 2.45) is 0 Å². The number of aromatic amines is 1. The molecule has 0 saturated carbocycles. The number of H-pyrrole nitrogens is 1. The van der Waals surface area contributed by atoms with Crippen LogP contribution < -0.4 is 15.8 Å². The average molecular weight is 427 g/mol. The Hall–Kier alpha value is -3.11. The molecular formula is C20H22N6O3S. The van der Waals surface area contributed by atoms with E-state index in [1.807, 2.05) is 22.4 Å². The SMILES string of the molecule is Cc1nc(N2CCOCC2)[nH]c(=O)c1CCC(=O)Nc1nc(-c2cccnc2)cs1. The van der Waals surface area contributed by atoms with Gasteiger partial charge in [0.1, 0.15) is 0 Å². The topological polar surface area (TPSA) is 113 Å². The van der Waals surface area contributed by atoms with E-state index in [1.54, 1.807) is 19.3 Å². The van der Waals surface area contributed by atoms with E-state index in [9.17, 15) is 9.59 Å². The first-order chi connectivity index (χ1) is 14.6. The molecule has 1 fully saturated rings. The predicted molar refractivity (Wildman–Crippen MR) is 115 cm³/mol. The smallest absolute Gasteiger partial charge is 0.255 e. The van der Waals surface area contributed by atoms with Crippen molar-refractivity contribution in [2.75, 3.05) is 36.5 Å². The van der Waals surface area contributed by atoms with Crippen LogP contribution in [0.4, 0.5) is 11.1 Å². The number of nitrogens with zero attached hydrogens (tertiary/aromatic N) is 4. The van der Waals surface area contributed by atoms with Crippen LogP contribution in [-0.2, 0) is 16.0 Å². The van der Waals surface area contributed by atoms with Gasteiger partial charge in [0, 0.05) is 54.1 Å². The summed E-state index contributed by atoms with van der Waals surface area (Å²) in [6.45, 7) is 4.42. The van der Waals surface area contributed by atoms with Gasteiger partial charge < -0.3 is 15.0 Å². The van der Waals surface area contributed by atoms with Crippen LogP contribution in [0.2, 0.25) is 0 Å².